The molecule has 1 rings (SSSR count). The number of aliphatic hydroxyl groups is 1. The van der Waals surface area contributed by atoms with E-state index in [4.69, 9.17) is 16.6 Å². The first kappa shape index (κ1) is 29.1. The molecule has 0 aromatic rings. The highest BCUT2D eigenvalue weighted by molar-refractivity contribution is 7.78. The number of hydrogen-bond donors (Lipinski definition) is 9. The quantitative estimate of drug-likeness (QED) is 0.0311. The molecular weight excluding hydrogens is 458 g/mol. The molecule has 1 aliphatic heterocycles. The van der Waals surface area contributed by atoms with Crippen molar-refractivity contribution in [3.8, 4) is 0 Å². The molecule has 0 bridgehead atoms. The van der Waals surface area contributed by atoms with Crippen LogP contribution in [0, 0.1) is 0 Å². The summed E-state index contributed by atoms with van der Waals surface area (Å²) in [7, 11) is 0. The third kappa shape index (κ3) is 9.81. The van der Waals surface area contributed by atoms with Crippen molar-refractivity contribution in [3.05, 3.63) is 0 Å². The van der Waals surface area contributed by atoms with E-state index in [0.29, 0.717) is 45.1 Å². The molecule has 10 N–H and O–H groups in total. The van der Waals surface area contributed by atoms with Crippen molar-refractivity contribution in [2.24, 2.45) is 11.5 Å². The van der Waals surface area contributed by atoms with E-state index in [2.05, 4.69) is 33.6 Å². The second-order valence-electron chi connectivity index (χ2n) is 7.60. The predicted octanol–water partition coefficient (Wildman–Crippen LogP) is -4.01. The zero-order valence-corrected chi connectivity index (χ0v) is 19.0. The maximum atomic E-state index is 12.7. The Balaban J connectivity index is 2.79. The van der Waals surface area contributed by atoms with E-state index in [1.807, 2.05) is 0 Å². The molecule has 0 aromatic heterocycles. The van der Waals surface area contributed by atoms with Gasteiger partial charge in [-0.1, -0.05) is 12.8 Å². The second kappa shape index (κ2) is 15.0. The van der Waals surface area contributed by atoms with Gasteiger partial charge in [0, 0.05) is 6.54 Å². The predicted molar refractivity (Wildman–Crippen MR) is 119 cm³/mol. The minimum atomic E-state index is -1.45. The van der Waals surface area contributed by atoms with Crippen LogP contribution in [0.5, 0.6) is 0 Å². The van der Waals surface area contributed by atoms with Crippen molar-refractivity contribution in [3.63, 3.8) is 0 Å². The van der Waals surface area contributed by atoms with Gasteiger partial charge in [-0.05, 0) is 32.2 Å². The average Bonchev–Trinajstić information content (AvgIpc) is 3.23. The average molecular weight is 492 g/mol. The van der Waals surface area contributed by atoms with Gasteiger partial charge in [-0.3, -0.25) is 29.2 Å². The molecule has 14 nitrogen and oxygen atoms in total. The van der Waals surface area contributed by atoms with Gasteiger partial charge in [0.25, 0.3) is 0 Å². The summed E-state index contributed by atoms with van der Waals surface area (Å²) in [5.41, 5.74) is 13.4. The zero-order valence-electron chi connectivity index (χ0n) is 18.1. The Hall–Kier alpha value is -1.98. The highest BCUT2D eigenvalue weighted by atomic mass is 32.1. The molecule has 1 amide bonds. The van der Waals surface area contributed by atoms with E-state index in [-0.39, 0.29) is 0 Å². The van der Waals surface area contributed by atoms with Crippen LogP contribution in [0.1, 0.15) is 32.1 Å². The lowest BCUT2D eigenvalue weighted by Crippen LogP contribution is -2.58. The summed E-state index contributed by atoms with van der Waals surface area (Å²) in [5, 5.41) is 25.2. The van der Waals surface area contributed by atoms with E-state index in [0.717, 1.165) is 0 Å². The Morgan fingerprint density at radius 2 is 1.85 bits per heavy atom. The fourth-order valence-electron chi connectivity index (χ4n) is 3.34. The van der Waals surface area contributed by atoms with Crippen molar-refractivity contribution in [2.45, 2.75) is 62.6 Å². The van der Waals surface area contributed by atoms with Crippen LogP contribution < -0.4 is 32.2 Å². The number of aliphatic hydroxyl groups excluding tert-OH is 1. The molecule has 0 saturated carbocycles. The number of thiol groups is 1. The maximum Gasteiger partial charge on any atom is 0.305 e. The number of aliphatic carboxylic acids is 1. The number of carboxylic acids is 1. The number of carboxylic acid groups (broad SMARTS) is 1. The first-order valence-corrected chi connectivity index (χ1v) is 10.9. The van der Waals surface area contributed by atoms with Gasteiger partial charge < -0.3 is 31.8 Å². The van der Waals surface area contributed by atoms with Crippen LogP contribution in [-0.4, -0.2) is 95.1 Å². The number of nitrogens with one attached hydrogen (secondary N) is 4. The SMILES string of the molecule is NC(N)NCCC[C@@H](C=O)NC(=O)[C@@H]1CCCN1N[C@@H](CC(=O)O)C(=O)C(=O)[C@H](CO)NS. The highest BCUT2D eigenvalue weighted by Crippen LogP contribution is 2.17. The fourth-order valence-corrected chi connectivity index (χ4v) is 3.53. The Morgan fingerprint density at radius 3 is 2.39 bits per heavy atom. The van der Waals surface area contributed by atoms with E-state index in [9.17, 15) is 29.1 Å². The first-order valence-electron chi connectivity index (χ1n) is 10.5. The third-order valence-corrected chi connectivity index (χ3v) is 5.35. The van der Waals surface area contributed by atoms with Crippen molar-refractivity contribution in [2.75, 3.05) is 19.7 Å². The first-order chi connectivity index (χ1) is 15.6. The minimum Gasteiger partial charge on any atom is -0.481 e. The number of rotatable bonds is 17. The highest BCUT2D eigenvalue weighted by Gasteiger charge is 2.37. The van der Waals surface area contributed by atoms with Crippen molar-refractivity contribution in [1.82, 2.24) is 25.8 Å². The summed E-state index contributed by atoms with van der Waals surface area (Å²) < 4.78 is 2.19. The van der Waals surface area contributed by atoms with Crippen LogP contribution in [0.4, 0.5) is 0 Å². The second-order valence-corrected chi connectivity index (χ2v) is 7.86. The minimum absolute atomic E-state index is 0.313. The number of Topliss-reactive ketones (excluding diaryl/α,β-unsaturated/α-hetero) is 2. The topological polar surface area (TPSA) is 229 Å². The number of ketones is 2. The van der Waals surface area contributed by atoms with Gasteiger partial charge in [-0.25, -0.2) is 10.4 Å². The van der Waals surface area contributed by atoms with Gasteiger partial charge in [0.2, 0.25) is 17.5 Å². The number of hydrazine groups is 1. The number of amides is 1. The molecule has 1 heterocycles. The Bertz CT molecular complexity index is 693. The number of carbonyl (C=O) groups excluding carboxylic acids is 4. The van der Waals surface area contributed by atoms with Crippen molar-refractivity contribution in [1.29, 1.82) is 0 Å². The lowest BCUT2D eigenvalue weighted by molar-refractivity contribution is -0.144. The number of nitrogens with two attached hydrogens (primary N) is 2. The van der Waals surface area contributed by atoms with Crippen LogP contribution in [0.25, 0.3) is 0 Å². The van der Waals surface area contributed by atoms with E-state index in [1.165, 1.54) is 5.01 Å². The van der Waals surface area contributed by atoms with Gasteiger partial charge in [-0.15, -0.1) is 0 Å². The molecule has 4 atom stereocenters. The van der Waals surface area contributed by atoms with Gasteiger partial charge in [0.1, 0.15) is 24.7 Å². The van der Waals surface area contributed by atoms with Gasteiger partial charge in [-0.2, -0.15) is 0 Å². The van der Waals surface area contributed by atoms with Crippen molar-refractivity contribution >= 4 is 42.5 Å². The molecule has 1 aliphatic rings. The molecule has 0 unspecified atom stereocenters. The van der Waals surface area contributed by atoms with Gasteiger partial charge >= 0.3 is 5.97 Å². The zero-order chi connectivity index (χ0) is 25.0. The summed E-state index contributed by atoms with van der Waals surface area (Å²) in [5.74, 6) is -3.92. The Kier molecular flexibility index (Phi) is 13.2. The summed E-state index contributed by atoms with van der Waals surface area (Å²) >= 11 is 3.68. The number of carbonyl (C=O) groups is 5. The number of hydrogen-bond acceptors (Lipinski definition) is 13. The van der Waals surface area contributed by atoms with Gasteiger partial charge in [0.05, 0.1) is 25.1 Å². The summed E-state index contributed by atoms with van der Waals surface area (Å²) in [6.07, 6.45) is 1.06. The fraction of sp³-hybridized carbons (Fsp3) is 0.722. The van der Waals surface area contributed by atoms with Crippen molar-refractivity contribution < 1.29 is 34.2 Å². The molecule has 15 heteroatoms. The monoisotopic (exact) mass is 491 g/mol. The Labute approximate surface area is 196 Å². The van der Waals surface area contributed by atoms with Gasteiger partial charge in [0.15, 0.2) is 0 Å². The smallest absolute Gasteiger partial charge is 0.305 e. The molecule has 188 valence electrons. The third-order valence-electron chi connectivity index (χ3n) is 5.03. The standard InChI is InChI=1S/C18H33N7O7S/c19-18(20)21-5-1-3-10(8-26)22-17(32)13-4-2-6-25(13)23-11(7-14(28)29)15(30)16(31)12(9-27)24-33/h8,10-13,18,21,23-24,27,33H,1-7,9,19-20H2,(H,22,32)(H,28,29)/t10-,11-,12-,13-/m0/s1. The molecule has 33 heavy (non-hydrogen) atoms. The van der Waals surface area contributed by atoms with Crippen LogP contribution in [0.15, 0.2) is 0 Å². The van der Waals surface area contributed by atoms with Crippen LogP contribution in [0.2, 0.25) is 0 Å². The number of aldehydes is 1. The molecule has 0 aliphatic carbocycles. The molecule has 0 aromatic carbocycles. The molecule has 1 fully saturated rings. The number of nitrogens with zero attached hydrogens (tertiary/aromatic N) is 1. The molecule has 0 radical (unpaired) electrons. The van der Waals surface area contributed by atoms with E-state index >= 15 is 0 Å². The Morgan fingerprint density at radius 1 is 1.18 bits per heavy atom. The summed E-state index contributed by atoms with van der Waals surface area (Å²) in [6.45, 7) is 0.0639. The lowest BCUT2D eigenvalue weighted by Gasteiger charge is -2.29. The normalized spacial score (nSPS) is 19.1. The molecule has 1 saturated heterocycles. The largest absolute Gasteiger partial charge is 0.481 e. The molecule has 0 spiro atoms. The van der Waals surface area contributed by atoms with Crippen LogP contribution >= 0.6 is 12.8 Å². The van der Waals surface area contributed by atoms with E-state index in [1.54, 1.807) is 0 Å². The van der Waals surface area contributed by atoms with Crippen LogP contribution in [0.3, 0.4) is 0 Å². The summed E-state index contributed by atoms with van der Waals surface area (Å²) in [4.78, 5) is 60.2. The van der Waals surface area contributed by atoms with E-state index < -0.39 is 66.9 Å². The lowest BCUT2D eigenvalue weighted by atomic mass is 10.0. The maximum absolute atomic E-state index is 12.7. The molecular formula is C18H33N7O7S. The summed E-state index contributed by atoms with van der Waals surface area (Å²) in [6, 6.07) is -4.28. The van der Waals surface area contributed by atoms with Crippen LogP contribution in [-0.2, 0) is 24.0 Å².